The molecule has 1 N–H and O–H groups in total. The Morgan fingerprint density at radius 3 is 2.48 bits per heavy atom. The third kappa shape index (κ3) is 7.45. The maximum absolute atomic E-state index is 12.4. The first-order valence-electron chi connectivity index (χ1n) is 10.4. The summed E-state index contributed by atoms with van der Waals surface area (Å²) in [6.07, 6.45) is 3.79. The Morgan fingerprint density at radius 1 is 1.10 bits per heavy atom. The zero-order valence-corrected chi connectivity index (χ0v) is 19.7. The van der Waals surface area contributed by atoms with Gasteiger partial charge in [-0.25, -0.2) is 0 Å². The minimum Gasteiger partial charge on any atom is -0.459 e. The molecule has 1 aromatic rings. The maximum atomic E-state index is 12.4. The molecule has 1 aromatic heterocycles. The van der Waals surface area contributed by atoms with Gasteiger partial charge >= 0.3 is 0 Å². The molecule has 0 aliphatic carbocycles. The van der Waals surface area contributed by atoms with Crippen molar-refractivity contribution in [3.63, 3.8) is 0 Å². The lowest BCUT2D eigenvalue weighted by atomic mass is 10.2. The van der Waals surface area contributed by atoms with E-state index < -0.39 is 0 Å². The zero-order chi connectivity index (χ0) is 19.6. The minimum atomic E-state index is -0.0327. The Balaban J connectivity index is 0.00000300. The number of unbranched alkanes of at least 4 members (excludes halogenated alkanes) is 1. The van der Waals surface area contributed by atoms with Crippen LogP contribution in [-0.2, 0) is 4.74 Å². The van der Waals surface area contributed by atoms with Gasteiger partial charge in [0.2, 0.25) is 0 Å². The summed E-state index contributed by atoms with van der Waals surface area (Å²) in [6.45, 7) is 11.6. The number of furan rings is 1. The van der Waals surface area contributed by atoms with E-state index in [1.165, 1.54) is 0 Å². The number of guanidine groups is 1. The maximum Gasteiger partial charge on any atom is 0.289 e. The van der Waals surface area contributed by atoms with E-state index in [-0.39, 0.29) is 29.9 Å². The highest BCUT2D eigenvalue weighted by Crippen LogP contribution is 2.10. The van der Waals surface area contributed by atoms with Gasteiger partial charge in [-0.05, 0) is 38.4 Å². The number of rotatable bonds is 7. The standard InChI is InChI=1S/C20H33N5O3.HI/c1-2-21-20(22-7-3-4-8-23-13-16-27-17-14-23)25-11-9-24(10-12-25)19(26)18-6-5-15-28-18;/h5-6,15H,2-4,7-14,16-17H2,1H3,(H,21,22);1H. The molecule has 3 rings (SSSR count). The normalized spacial score (nSPS) is 18.4. The van der Waals surface area contributed by atoms with Gasteiger partial charge < -0.3 is 24.3 Å². The number of morpholine rings is 1. The number of carbonyl (C=O) groups is 1. The summed E-state index contributed by atoms with van der Waals surface area (Å²) in [5, 5.41) is 3.39. The van der Waals surface area contributed by atoms with Crippen LogP contribution in [0.3, 0.4) is 0 Å². The SMILES string of the molecule is CCNC(=NCCCCN1CCOCC1)N1CCN(C(=O)c2ccco2)CC1.I. The van der Waals surface area contributed by atoms with Gasteiger partial charge in [0.25, 0.3) is 5.91 Å². The van der Waals surface area contributed by atoms with Crippen LogP contribution in [0, 0.1) is 0 Å². The summed E-state index contributed by atoms with van der Waals surface area (Å²) in [5.74, 6) is 1.34. The van der Waals surface area contributed by atoms with Crippen LogP contribution in [0.15, 0.2) is 27.8 Å². The van der Waals surface area contributed by atoms with E-state index in [9.17, 15) is 4.79 Å². The molecule has 1 amide bonds. The lowest BCUT2D eigenvalue weighted by Crippen LogP contribution is -2.53. The van der Waals surface area contributed by atoms with Crippen molar-refractivity contribution < 1.29 is 13.9 Å². The van der Waals surface area contributed by atoms with Crippen molar-refractivity contribution in [3.8, 4) is 0 Å². The van der Waals surface area contributed by atoms with Gasteiger partial charge in [-0.15, -0.1) is 24.0 Å². The Morgan fingerprint density at radius 2 is 1.83 bits per heavy atom. The van der Waals surface area contributed by atoms with Gasteiger partial charge in [0.15, 0.2) is 11.7 Å². The summed E-state index contributed by atoms with van der Waals surface area (Å²) in [7, 11) is 0. The molecule has 3 heterocycles. The molecule has 0 radical (unpaired) electrons. The van der Waals surface area contributed by atoms with Gasteiger partial charge in [-0.1, -0.05) is 0 Å². The highest BCUT2D eigenvalue weighted by molar-refractivity contribution is 14.0. The fraction of sp³-hybridized carbons (Fsp3) is 0.700. The van der Waals surface area contributed by atoms with Crippen molar-refractivity contribution >= 4 is 35.8 Å². The van der Waals surface area contributed by atoms with E-state index in [0.29, 0.717) is 18.8 Å². The quantitative estimate of drug-likeness (QED) is 0.256. The second kappa shape index (κ2) is 13.1. The van der Waals surface area contributed by atoms with Crippen LogP contribution in [-0.4, -0.2) is 98.7 Å². The molecule has 2 saturated heterocycles. The molecule has 0 unspecified atom stereocenters. The summed E-state index contributed by atoms with van der Waals surface area (Å²) in [5.41, 5.74) is 0. The number of hydrogen-bond donors (Lipinski definition) is 1. The van der Waals surface area contributed by atoms with Crippen molar-refractivity contribution in [2.24, 2.45) is 4.99 Å². The van der Waals surface area contributed by atoms with Crippen LogP contribution < -0.4 is 5.32 Å². The number of piperazine rings is 1. The molecule has 2 fully saturated rings. The largest absolute Gasteiger partial charge is 0.459 e. The highest BCUT2D eigenvalue weighted by atomic mass is 127. The number of ether oxygens (including phenoxy) is 1. The van der Waals surface area contributed by atoms with Crippen molar-refractivity contribution in [3.05, 3.63) is 24.2 Å². The highest BCUT2D eigenvalue weighted by Gasteiger charge is 2.25. The lowest BCUT2D eigenvalue weighted by molar-refractivity contribution is 0.0373. The predicted octanol–water partition coefficient (Wildman–Crippen LogP) is 1.73. The molecule has 0 spiro atoms. The second-order valence-corrected chi connectivity index (χ2v) is 7.15. The first-order chi connectivity index (χ1) is 13.8. The molecule has 29 heavy (non-hydrogen) atoms. The van der Waals surface area contributed by atoms with Crippen molar-refractivity contribution in [1.29, 1.82) is 0 Å². The van der Waals surface area contributed by atoms with E-state index in [4.69, 9.17) is 14.1 Å². The number of hydrogen-bond acceptors (Lipinski definition) is 5. The Bertz CT molecular complexity index is 612. The Kier molecular flexibility index (Phi) is 10.8. The van der Waals surface area contributed by atoms with Crippen molar-refractivity contribution in [1.82, 2.24) is 20.0 Å². The van der Waals surface area contributed by atoms with Gasteiger partial charge in [0.05, 0.1) is 19.5 Å². The summed E-state index contributed by atoms with van der Waals surface area (Å²) in [4.78, 5) is 23.8. The van der Waals surface area contributed by atoms with Gasteiger partial charge in [0.1, 0.15) is 0 Å². The van der Waals surface area contributed by atoms with E-state index in [1.807, 2.05) is 4.90 Å². The molecule has 9 heteroatoms. The topological polar surface area (TPSA) is 73.6 Å². The van der Waals surface area contributed by atoms with Crippen molar-refractivity contribution in [2.45, 2.75) is 19.8 Å². The van der Waals surface area contributed by atoms with Crippen LogP contribution in [0.2, 0.25) is 0 Å². The van der Waals surface area contributed by atoms with Crippen molar-refractivity contribution in [2.75, 3.05) is 72.1 Å². The van der Waals surface area contributed by atoms with E-state index >= 15 is 0 Å². The number of aliphatic imine (C=N–C) groups is 1. The molecule has 0 bridgehead atoms. The molecule has 2 aliphatic heterocycles. The Hall–Kier alpha value is -1.33. The molecule has 0 atom stereocenters. The number of carbonyl (C=O) groups excluding carboxylic acids is 1. The van der Waals surface area contributed by atoms with Gasteiger partial charge in [-0.3, -0.25) is 14.7 Å². The average molecular weight is 519 g/mol. The fourth-order valence-electron chi connectivity index (χ4n) is 3.56. The lowest BCUT2D eigenvalue weighted by Gasteiger charge is -2.36. The third-order valence-corrected chi connectivity index (χ3v) is 5.18. The first-order valence-corrected chi connectivity index (χ1v) is 10.4. The van der Waals surface area contributed by atoms with Crippen LogP contribution >= 0.6 is 24.0 Å². The number of amides is 1. The average Bonchev–Trinajstić information content (AvgIpc) is 3.28. The third-order valence-electron chi connectivity index (χ3n) is 5.18. The molecule has 164 valence electrons. The molecule has 8 nitrogen and oxygen atoms in total. The van der Waals surface area contributed by atoms with Crippen LogP contribution in [0.1, 0.15) is 30.3 Å². The first kappa shape index (κ1) is 23.9. The zero-order valence-electron chi connectivity index (χ0n) is 17.3. The molecule has 0 saturated carbocycles. The molecule has 2 aliphatic rings. The molecule has 0 aromatic carbocycles. The number of nitrogens with zero attached hydrogens (tertiary/aromatic N) is 4. The minimum absolute atomic E-state index is 0. The summed E-state index contributed by atoms with van der Waals surface area (Å²) >= 11 is 0. The van der Waals surface area contributed by atoms with Gasteiger partial charge in [-0.2, -0.15) is 0 Å². The smallest absolute Gasteiger partial charge is 0.289 e. The Labute approximate surface area is 190 Å². The summed E-state index contributed by atoms with van der Waals surface area (Å²) in [6, 6.07) is 3.47. The number of nitrogens with one attached hydrogen (secondary N) is 1. The van der Waals surface area contributed by atoms with Crippen LogP contribution in [0.25, 0.3) is 0 Å². The van der Waals surface area contributed by atoms with E-state index in [1.54, 1.807) is 18.4 Å². The van der Waals surface area contributed by atoms with E-state index in [2.05, 4.69) is 22.0 Å². The van der Waals surface area contributed by atoms with Crippen LogP contribution in [0.5, 0.6) is 0 Å². The number of halogens is 1. The van der Waals surface area contributed by atoms with Crippen LogP contribution in [0.4, 0.5) is 0 Å². The molecular weight excluding hydrogens is 485 g/mol. The predicted molar refractivity (Wildman–Crippen MR) is 124 cm³/mol. The summed E-state index contributed by atoms with van der Waals surface area (Å²) < 4.78 is 10.6. The monoisotopic (exact) mass is 519 g/mol. The molecular formula is C20H34IN5O3. The van der Waals surface area contributed by atoms with E-state index in [0.717, 1.165) is 77.8 Å². The van der Waals surface area contributed by atoms with Gasteiger partial charge in [0, 0.05) is 52.4 Å². The fourth-order valence-corrected chi connectivity index (χ4v) is 3.56. The second-order valence-electron chi connectivity index (χ2n) is 7.15.